The Morgan fingerprint density at radius 3 is 2.40 bits per heavy atom. The lowest BCUT2D eigenvalue weighted by Crippen LogP contribution is -2.54. The van der Waals surface area contributed by atoms with Gasteiger partial charge in [-0.25, -0.2) is 4.98 Å². The highest BCUT2D eigenvalue weighted by Crippen LogP contribution is 2.38. The SMILES string of the molecule is Nc1cc(Cl)cnc1N1CCN(C(=O)C2CC(C(=O)O)C2)CC1c1ccc(Cl)cc1. The van der Waals surface area contributed by atoms with Gasteiger partial charge in [-0.1, -0.05) is 35.3 Å². The number of hydrogen-bond donors (Lipinski definition) is 2. The molecular formula is C21H22Cl2N4O3. The number of aliphatic carboxylic acids is 1. The van der Waals surface area contributed by atoms with Crippen molar-refractivity contribution in [3.63, 3.8) is 0 Å². The third-order valence-corrected chi connectivity index (χ3v) is 6.38. The van der Waals surface area contributed by atoms with Crippen molar-refractivity contribution in [3.05, 3.63) is 52.1 Å². The molecule has 2 aliphatic rings. The van der Waals surface area contributed by atoms with E-state index in [9.17, 15) is 9.59 Å². The number of halogens is 2. The van der Waals surface area contributed by atoms with Gasteiger partial charge in [0, 0.05) is 36.8 Å². The predicted octanol–water partition coefficient (Wildman–Crippen LogP) is 3.47. The molecule has 3 N–H and O–H groups in total. The van der Waals surface area contributed by atoms with E-state index in [1.54, 1.807) is 12.3 Å². The van der Waals surface area contributed by atoms with Crippen LogP contribution in [0.25, 0.3) is 0 Å². The van der Waals surface area contributed by atoms with E-state index in [1.807, 2.05) is 29.2 Å². The van der Waals surface area contributed by atoms with Gasteiger partial charge in [-0.15, -0.1) is 0 Å². The molecule has 0 spiro atoms. The van der Waals surface area contributed by atoms with Crippen LogP contribution in [0.4, 0.5) is 11.5 Å². The maximum Gasteiger partial charge on any atom is 0.306 e. The van der Waals surface area contributed by atoms with Gasteiger partial charge in [-0.05, 0) is 36.6 Å². The Bertz CT molecular complexity index is 963. The molecule has 1 aliphatic carbocycles. The lowest BCUT2D eigenvalue weighted by atomic mass is 9.74. The van der Waals surface area contributed by atoms with Crippen LogP contribution in [-0.4, -0.2) is 46.5 Å². The van der Waals surface area contributed by atoms with Crippen LogP contribution in [0.3, 0.4) is 0 Å². The zero-order chi connectivity index (χ0) is 21.4. The van der Waals surface area contributed by atoms with E-state index in [4.69, 9.17) is 34.0 Å². The molecule has 1 unspecified atom stereocenters. The van der Waals surface area contributed by atoms with Crippen molar-refractivity contribution in [2.45, 2.75) is 18.9 Å². The molecule has 2 heterocycles. The van der Waals surface area contributed by atoms with Gasteiger partial charge in [0.2, 0.25) is 5.91 Å². The first kappa shape index (κ1) is 20.8. The molecular weight excluding hydrogens is 427 g/mol. The molecule has 1 saturated heterocycles. The second-order valence-electron chi connectivity index (χ2n) is 7.81. The Labute approximate surface area is 184 Å². The lowest BCUT2D eigenvalue weighted by Gasteiger charge is -2.45. The van der Waals surface area contributed by atoms with Crippen LogP contribution in [0.15, 0.2) is 36.5 Å². The quantitative estimate of drug-likeness (QED) is 0.742. The highest BCUT2D eigenvalue weighted by atomic mass is 35.5. The average molecular weight is 449 g/mol. The summed E-state index contributed by atoms with van der Waals surface area (Å²) < 4.78 is 0. The maximum atomic E-state index is 13.0. The minimum atomic E-state index is -0.827. The third kappa shape index (κ3) is 4.04. The summed E-state index contributed by atoms with van der Waals surface area (Å²) in [7, 11) is 0. The summed E-state index contributed by atoms with van der Waals surface area (Å²) in [5.74, 6) is -0.816. The number of carbonyl (C=O) groups is 2. The molecule has 2 fully saturated rings. The number of piperazine rings is 1. The van der Waals surface area contributed by atoms with Crippen molar-refractivity contribution >= 4 is 46.6 Å². The molecule has 30 heavy (non-hydrogen) atoms. The number of nitrogens with zero attached hydrogens (tertiary/aromatic N) is 3. The highest BCUT2D eigenvalue weighted by molar-refractivity contribution is 6.31. The first-order chi connectivity index (χ1) is 14.3. The summed E-state index contributed by atoms with van der Waals surface area (Å²) >= 11 is 12.1. The van der Waals surface area contributed by atoms with Gasteiger partial charge in [0.05, 0.1) is 22.7 Å². The second kappa shape index (κ2) is 8.32. The first-order valence-corrected chi connectivity index (χ1v) is 10.5. The molecule has 1 aliphatic heterocycles. The molecule has 1 atom stereocenters. The van der Waals surface area contributed by atoms with Gasteiger partial charge >= 0.3 is 5.97 Å². The highest BCUT2D eigenvalue weighted by Gasteiger charge is 2.42. The number of anilines is 2. The topological polar surface area (TPSA) is 99.8 Å². The van der Waals surface area contributed by atoms with Crippen LogP contribution in [0.2, 0.25) is 10.0 Å². The minimum Gasteiger partial charge on any atom is -0.481 e. The van der Waals surface area contributed by atoms with E-state index in [0.717, 1.165) is 5.56 Å². The Morgan fingerprint density at radius 1 is 1.07 bits per heavy atom. The molecule has 158 valence electrons. The largest absolute Gasteiger partial charge is 0.481 e. The van der Waals surface area contributed by atoms with Crippen LogP contribution >= 0.6 is 23.2 Å². The number of aromatic nitrogens is 1. The van der Waals surface area contributed by atoms with Gasteiger partial charge < -0.3 is 20.6 Å². The molecule has 1 amide bonds. The molecule has 1 aromatic heterocycles. The van der Waals surface area contributed by atoms with E-state index in [2.05, 4.69) is 9.88 Å². The normalized spacial score (nSPS) is 23.7. The van der Waals surface area contributed by atoms with Gasteiger partial charge in [-0.3, -0.25) is 9.59 Å². The summed E-state index contributed by atoms with van der Waals surface area (Å²) in [6.45, 7) is 1.52. The van der Waals surface area contributed by atoms with E-state index in [-0.39, 0.29) is 17.9 Å². The monoisotopic (exact) mass is 448 g/mol. The molecule has 4 rings (SSSR count). The molecule has 9 heteroatoms. The molecule has 0 radical (unpaired) electrons. The smallest absolute Gasteiger partial charge is 0.306 e. The third-order valence-electron chi connectivity index (χ3n) is 5.92. The standard InChI is InChI=1S/C21H22Cl2N4O3/c22-15-3-1-12(2-4-15)18-11-26(20(28)13-7-14(8-13)21(29)30)5-6-27(18)19-17(24)9-16(23)10-25-19/h1-4,9-10,13-14,18H,5-8,11,24H2,(H,29,30). The van der Waals surface area contributed by atoms with E-state index < -0.39 is 11.9 Å². The molecule has 7 nitrogen and oxygen atoms in total. The summed E-state index contributed by atoms with van der Waals surface area (Å²) in [5.41, 5.74) is 7.65. The Morgan fingerprint density at radius 2 is 1.77 bits per heavy atom. The van der Waals surface area contributed by atoms with Crippen molar-refractivity contribution in [2.24, 2.45) is 11.8 Å². The number of carboxylic acid groups (broad SMARTS) is 1. The fourth-order valence-corrected chi connectivity index (χ4v) is 4.47. The first-order valence-electron chi connectivity index (χ1n) is 9.78. The minimum absolute atomic E-state index is 0.0168. The summed E-state index contributed by atoms with van der Waals surface area (Å²) in [6.07, 6.45) is 2.38. The van der Waals surface area contributed by atoms with Gasteiger partial charge in [0.25, 0.3) is 0 Å². The van der Waals surface area contributed by atoms with Gasteiger partial charge in [0.1, 0.15) is 0 Å². The molecule has 0 bridgehead atoms. The molecule has 1 aromatic carbocycles. The summed E-state index contributed by atoms with van der Waals surface area (Å²) in [6, 6.07) is 9.01. The summed E-state index contributed by atoms with van der Waals surface area (Å²) in [4.78, 5) is 32.4. The number of carbonyl (C=O) groups excluding carboxylic acids is 1. The predicted molar refractivity (Wildman–Crippen MR) is 116 cm³/mol. The van der Waals surface area contributed by atoms with Crippen molar-refractivity contribution in [1.82, 2.24) is 9.88 Å². The van der Waals surface area contributed by atoms with Crippen molar-refractivity contribution < 1.29 is 14.7 Å². The number of nitrogens with two attached hydrogens (primary N) is 1. The van der Waals surface area contributed by atoms with Crippen LogP contribution in [0, 0.1) is 11.8 Å². The maximum absolute atomic E-state index is 13.0. The number of pyridine rings is 1. The lowest BCUT2D eigenvalue weighted by molar-refractivity contribution is -0.151. The zero-order valence-electron chi connectivity index (χ0n) is 16.2. The van der Waals surface area contributed by atoms with Gasteiger partial charge in [0.15, 0.2) is 5.82 Å². The number of nitrogen functional groups attached to an aromatic ring is 1. The van der Waals surface area contributed by atoms with Crippen molar-refractivity contribution in [1.29, 1.82) is 0 Å². The van der Waals surface area contributed by atoms with E-state index in [1.165, 1.54) is 0 Å². The van der Waals surface area contributed by atoms with Crippen LogP contribution in [0.5, 0.6) is 0 Å². The Kier molecular flexibility index (Phi) is 5.75. The Hall–Kier alpha value is -2.51. The van der Waals surface area contributed by atoms with E-state index >= 15 is 0 Å². The number of hydrogen-bond acceptors (Lipinski definition) is 5. The van der Waals surface area contributed by atoms with Crippen molar-refractivity contribution in [2.75, 3.05) is 30.3 Å². The fraction of sp³-hybridized carbons (Fsp3) is 0.381. The number of benzene rings is 1. The van der Waals surface area contributed by atoms with Crippen LogP contribution in [-0.2, 0) is 9.59 Å². The zero-order valence-corrected chi connectivity index (χ0v) is 17.7. The number of amides is 1. The van der Waals surface area contributed by atoms with Crippen LogP contribution < -0.4 is 10.6 Å². The molecule has 2 aromatic rings. The average Bonchev–Trinajstić information content (AvgIpc) is 2.67. The number of rotatable bonds is 4. The fourth-order valence-electron chi connectivity index (χ4n) is 4.17. The van der Waals surface area contributed by atoms with Gasteiger partial charge in [-0.2, -0.15) is 0 Å². The van der Waals surface area contributed by atoms with Crippen LogP contribution in [0.1, 0.15) is 24.4 Å². The summed E-state index contributed by atoms with van der Waals surface area (Å²) in [5, 5.41) is 10.2. The van der Waals surface area contributed by atoms with E-state index in [0.29, 0.717) is 54.0 Å². The number of carboxylic acids is 1. The Balaban J connectivity index is 1.58. The molecule has 1 saturated carbocycles. The van der Waals surface area contributed by atoms with Crippen molar-refractivity contribution in [3.8, 4) is 0 Å². The second-order valence-corrected chi connectivity index (χ2v) is 8.69.